The molecule has 4 rings (SSSR count). The Kier molecular flexibility index (Phi) is 4.19. The number of nitriles is 1. The van der Waals surface area contributed by atoms with Crippen LogP contribution in [0.25, 0.3) is 0 Å². The van der Waals surface area contributed by atoms with Crippen LogP contribution in [-0.2, 0) is 0 Å². The van der Waals surface area contributed by atoms with E-state index in [1.54, 1.807) is 48.5 Å². The number of methoxy groups -OCH3 is 1. The Bertz CT molecular complexity index is 1040. The molecule has 1 atom stereocenters. The Labute approximate surface area is 156 Å². The van der Waals surface area contributed by atoms with Gasteiger partial charge in [0.1, 0.15) is 5.75 Å². The number of amides is 1. The predicted octanol–water partition coefficient (Wildman–Crippen LogP) is 3.73. The highest BCUT2D eigenvalue weighted by Gasteiger charge is 2.39. The quantitative estimate of drug-likeness (QED) is 0.770. The number of rotatable bonds is 4. The normalized spacial score (nSPS) is 15.2. The van der Waals surface area contributed by atoms with E-state index in [1.165, 1.54) is 0 Å². The topological polar surface area (TPSA) is 78.2 Å². The van der Waals surface area contributed by atoms with Crippen molar-refractivity contribution in [3.8, 4) is 11.8 Å². The van der Waals surface area contributed by atoms with Gasteiger partial charge >= 0.3 is 0 Å². The van der Waals surface area contributed by atoms with Crippen molar-refractivity contribution in [1.29, 1.82) is 5.26 Å². The van der Waals surface area contributed by atoms with Crippen LogP contribution in [0, 0.1) is 11.3 Å². The summed E-state index contributed by atoms with van der Waals surface area (Å²) in [6.45, 7) is 0. The van der Waals surface area contributed by atoms with Gasteiger partial charge < -0.3 is 10.1 Å². The molecule has 6 nitrogen and oxygen atoms in total. The number of hydrogen-bond acceptors (Lipinski definition) is 5. The smallest absolute Gasteiger partial charge is 0.262 e. The highest BCUT2D eigenvalue weighted by atomic mass is 16.5. The van der Waals surface area contributed by atoms with Crippen molar-refractivity contribution in [1.82, 2.24) is 4.98 Å². The first-order valence-electron chi connectivity index (χ1n) is 8.40. The molecule has 0 bridgehead atoms. The molecule has 0 aliphatic carbocycles. The Balaban J connectivity index is 1.76. The SMILES string of the molecule is COc1ccc(N2C(=O)c3cccnc3[C@@H]2Nc2cccc(C#N)c2)cc1. The Morgan fingerprint density at radius 1 is 1.15 bits per heavy atom. The van der Waals surface area contributed by atoms with Crippen LogP contribution < -0.4 is 15.0 Å². The molecule has 1 amide bonds. The number of carbonyl (C=O) groups is 1. The third-order valence-corrected chi connectivity index (χ3v) is 4.45. The summed E-state index contributed by atoms with van der Waals surface area (Å²) in [4.78, 5) is 19.1. The molecule has 1 aliphatic rings. The van der Waals surface area contributed by atoms with Gasteiger partial charge in [-0.1, -0.05) is 6.07 Å². The van der Waals surface area contributed by atoms with Gasteiger partial charge in [-0.15, -0.1) is 0 Å². The van der Waals surface area contributed by atoms with E-state index in [0.717, 1.165) is 11.4 Å². The molecule has 0 saturated carbocycles. The average Bonchev–Trinajstić information content (AvgIpc) is 3.00. The van der Waals surface area contributed by atoms with Crippen LogP contribution in [-0.4, -0.2) is 18.0 Å². The maximum Gasteiger partial charge on any atom is 0.262 e. The van der Waals surface area contributed by atoms with E-state index in [-0.39, 0.29) is 5.91 Å². The van der Waals surface area contributed by atoms with Crippen molar-refractivity contribution >= 4 is 17.3 Å². The summed E-state index contributed by atoms with van der Waals surface area (Å²) >= 11 is 0. The van der Waals surface area contributed by atoms with E-state index < -0.39 is 6.17 Å². The minimum absolute atomic E-state index is 0.128. The van der Waals surface area contributed by atoms with Crippen molar-refractivity contribution in [2.45, 2.75) is 6.17 Å². The molecular weight excluding hydrogens is 340 g/mol. The van der Waals surface area contributed by atoms with Gasteiger partial charge in [-0.2, -0.15) is 5.26 Å². The van der Waals surface area contributed by atoms with Crippen molar-refractivity contribution < 1.29 is 9.53 Å². The molecule has 132 valence electrons. The van der Waals surface area contributed by atoms with E-state index in [4.69, 9.17) is 10.00 Å². The molecule has 2 aromatic carbocycles. The number of nitrogens with one attached hydrogen (secondary N) is 1. The number of hydrogen-bond donors (Lipinski definition) is 1. The van der Waals surface area contributed by atoms with Gasteiger partial charge in [-0.05, 0) is 54.6 Å². The van der Waals surface area contributed by atoms with Gasteiger partial charge in [0.05, 0.1) is 30.0 Å². The zero-order valence-electron chi connectivity index (χ0n) is 14.6. The molecule has 0 unspecified atom stereocenters. The van der Waals surface area contributed by atoms with Crippen LogP contribution in [0.4, 0.5) is 11.4 Å². The van der Waals surface area contributed by atoms with E-state index >= 15 is 0 Å². The summed E-state index contributed by atoms with van der Waals surface area (Å²) in [5, 5.41) is 12.5. The number of ether oxygens (including phenoxy) is 1. The third-order valence-electron chi connectivity index (χ3n) is 4.45. The summed E-state index contributed by atoms with van der Waals surface area (Å²) in [6.07, 6.45) is 1.19. The monoisotopic (exact) mass is 356 g/mol. The second kappa shape index (κ2) is 6.81. The number of fused-ring (bicyclic) bond motifs is 1. The first-order chi connectivity index (χ1) is 13.2. The van der Waals surface area contributed by atoms with Crippen LogP contribution in [0.1, 0.15) is 27.8 Å². The fourth-order valence-corrected chi connectivity index (χ4v) is 3.16. The van der Waals surface area contributed by atoms with E-state index in [0.29, 0.717) is 22.6 Å². The first kappa shape index (κ1) is 16.6. The highest BCUT2D eigenvalue weighted by molar-refractivity contribution is 6.11. The number of carbonyl (C=O) groups excluding carboxylic acids is 1. The lowest BCUT2D eigenvalue weighted by Crippen LogP contribution is -2.32. The lowest BCUT2D eigenvalue weighted by atomic mass is 10.2. The molecule has 0 spiro atoms. The van der Waals surface area contributed by atoms with Crippen molar-refractivity contribution in [3.63, 3.8) is 0 Å². The standard InChI is InChI=1S/C21H16N4O2/c1-27-17-9-7-16(8-10-17)25-20(19-18(21(25)26)6-3-11-23-19)24-15-5-2-4-14(12-15)13-22/h2-12,20,24H,1H3/t20-/m1/s1. The minimum Gasteiger partial charge on any atom is -0.497 e. The zero-order valence-corrected chi connectivity index (χ0v) is 14.6. The number of anilines is 2. The van der Waals surface area contributed by atoms with Crippen LogP contribution >= 0.6 is 0 Å². The lowest BCUT2D eigenvalue weighted by molar-refractivity contribution is 0.0993. The summed E-state index contributed by atoms with van der Waals surface area (Å²) in [7, 11) is 1.60. The Hall–Kier alpha value is -3.85. The molecule has 6 heteroatoms. The Morgan fingerprint density at radius 3 is 2.70 bits per heavy atom. The second-order valence-electron chi connectivity index (χ2n) is 6.05. The van der Waals surface area contributed by atoms with Gasteiger partial charge in [0.15, 0.2) is 6.17 Å². The number of nitrogens with zero attached hydrogens (tertiary/aromatic N) is 3. The zero-order chi connectivity index (χ0) is 18.8. The lowest BCUT2D eigenvalue weighted by Gasteiger charge is -2.26. The molecular formula is C21H16N4O2. The first-order valence-corrected chi connectivity index (χ1v) is 8.40. The molecule has 27 heavy (non-hydrogen) atoms. The molecule has 3 aromatic rings. The van der Waals surface area contributed by atoms with Crippen LogP contribution in [0.3, 0.4) is 0 Å². The van der Waals surface area contributed by atoms with Crippen LogP contribution in [0.2, 0.25) is 0 Å². The Morgan fingerprint density at radius 2 is 1.96 bits per heavy atom. The molecule has 0 fully saturated rings. The third kappa shape index (κ3) is 2.96. The van der Waals surface area contributed by atoms with Gasteiger partial charge in [0, 0.05) is 17.6 Å². The fourth-order valence-electron chi connectivity index (χ4n) is 3.16. The summed E-state index contributed by atoms with van der Waals surface area (Å²) in [5.74, 6) is 0.587. The molecule has 2 heterocycles. The molecule has 1 N–H and O–H groups in total. The fraction of sp³-hybridized carbons (Fsp3) is 0.0952. The maximum atomic E-state index is 13.0. The van der Waals surface area contributed by atoms with Crippen molar-refractivity contribution in [2.24, 2.45) is 0 Å². The number of benzene rings is 2. The summed E-state index contributed by atoms with van der Waals surface area (Å²) in [6, 6.07) is 20.1. The number of pyridine rings is 1. The van der Waals surface area contributed by atoms with Gasteiger partial charge in [-0.3, -0.25) is 14.7 Å². The number of aromatic nitrogens is 1. The van der Waals surface area contributed by atoms with E-state index in [9.17, 15) is 4.79 Å². The van der Waals surface area contributed by atoms with Crippen LogP contribution in [0.5, 0.6) is 5.75 Å². The predicted molar refractivity (Wildman–Crippen MR) is 102 cm³/mol. The molecule has 0 saturated heterocycles. The molecule has 0 radical (unpaired) electrons. The second-order valence-corrected chi connectivity index (χ2v) is 6.05. The van der Waals surface area contributed by atoms with Gasteiger partial charge in [-0.25, -0.2) is 0 Å². The largest absolute Gasteiger partial charge is 0.497 e. The van der Waals surface area contributed by atoms with Crippen molar-refractivity contribution in [2.75, 3.05) is 17.3 Å². The highest BCUT2D eigenvalue weighted by Crippen LogP contribution is 2.37. The van der Waals surface area contributed by atoms with Gasteiger partial charge in [0.2, 0.25) is 0 Å². The van der Waals surface area contributed by atoms with Gasteiger partial charge in [0.25, 0.3) is 5.91 Å². The molecule has 1 aliphatic heterocycles. The molecule has 1 aromatic heterocycles. The summed E-state index contributed by atoms with van der Waals surface area (Å²) in [5.41, 5.74) is 3.22. The minimum atomic E-state index is -0.476. The maximum absolute atomic E-state index is 13.0. The van der Waals surface area contributed by atoms with Crippen LogP contribution in [0.15, 0.2) is 66.9 Å². The van der Waals surface area contributed by atoms with E-state index in [1.807, 2.05) is 30.3 Å². The summed E-state index contributed by atoms with van der Waals surface area (Å²) < 4.78 is 5.21. The van der Waals surface area contributed by atoms with Crippen molar-refractivity contribution in [3.05, 3.63) is 83.7 Å². The average molecular weight is 356 g/mol. The van der Waals surface area contributed by atoms with E-state index in [2.05, 4.69) is 16.4 Å².